The van der Waals surface area contributed by atoms with E-state index in [-0.39, 0.29) is 11.3 Å². The molecule has 6 nitrogen and oxygen atoms in total. The van der Waals surface area contributed by atoms with E-state index in [0.29, 0.717) is 33.5 Å². The van der Waals surface area contributed by atoms with Crippen molar-refractivity contribution in [2.75, 3.05) is 24.4 Å². The molecule has 0 fully saturated rings. The quantitative estimate of drug-likeness (QED) is 0.499. The lowest BCUT2D eigenvalue weighted by molar-refractivity contribution is -0.120. The summed E-state index contributed by atoms with van der Waals surface area (Å²) in [4.78, 5) is 28.5. The van der Waals surface area contributed by atoms with Gasteiger partial charge in [0.2, 0.25) is 0 Å². The number of ether oxygens (including phenoxy) is 2. The summed E-state index contributed by atoms with van der Waals surface area (Å²) in [5.74, 6) is 0.223. The van der Waals surface area contributed by atoms with E-state index in [1.54, 1.807) is 55.6 Å². The van der Waals surface area contributed by atoms with Crippen molar-refractivity contribution in [3.05, 3.63) is 88.1 Å². The molecular formula is C26H23ClN2O4. The molecule has 4 rings (SSSR count). The monoisotopic (exact) mass is 462 g/mol. The topological polar surface area (TPSA) is 67.9 Å². The fraction of sp³-hybridized carbons (Fsp3) is 0.154. The van der Waals surface area contributed by atoms with Gasteiger partial charge in [-0.3, -0.25) is 9.59 Å². The average Bonchev–Trinajstić information content (AvgIpc) is 3.06. The van der Waals surface area contributed by atoms with Crippen molar-refractivity contribution in [3.8, 4) is 11.5 Å². The van der Waals surface area contributed by atoms with E-state index < -0.39 is 11.8 Å². The molecule has 0 aliphatic carbocycles. The molecule has 33 heavy (non-hydrogen) atoms. The zero-order chi connectivity index (χ0) is 23.7. The SMILES string of the molecule is COc1ccc(NC2=C(c3ccc(Cl)cc3)C(=O)N(c3cccc(C)c3C)C2=O)c(OC)c1. The Morgan fingerprint density at radius 3 is 2.27 bits per heavy atom. The lowest BCUT2D eigenvalue weighted by Gasteiger charge is -2.19. The second kappa shape index (κ2) is 9.00. The fourth-order valence-electron chi connectivity index (χ4n) is 3.76. The Morgan fingerprint density at radius 2 is 1.61 bits per heavy atom. The summed E-state index contributed by atoms with van der Waals surface area (Å²) in [5.41, 5.74) is 3.93. The number of rotatable bonds is 6. The average molecular weight is 463 g/mol. The molecule has 1 heterocycles. The van der Waals surface area contributed by atoms with E-state index >= 15 is 0 Å². The Balaban J connectivity index is 1.86. The molecule has 3 aromatic rings. The van der Waals surface area contributed by atoms with Crippen molar-refractivity contribution in [1.82, 2.24) is 0 Å². The molecule has 1 aliphatic rings. The second-order valence-corrected chi connectivity index (χ2v) is 8.05. The van der Waals surface area contributed by atoms with Crippen LogP contribution in [0.1, 0.15) is 16.7 Å². The molecule has 0 unspecified atom stereocenters. The predicted molar refractivity (Wildman–Crippen MR) is 130 cm³/mol. The van der Waals surface area contributed by atoms with Gasteiger partial charge in [0.1, 0.15) is 17.2 Å². The molecule has 0 radical (unpaired) electrons. The van der Waals surface area contributed by atoms with Gasteiger partial charge in [-0.1, -0.05) is 35.9 Å². The molecule has 0 saturated heterocycles. The molecule has 1 aliphatic heterocycles. The summed E-state index contributed by atoms with van der Waals surface area (Å²) in [6.07, 6.45) is 0. The largest absolute Gasteiger partial charge is 0.497 e. The van der Waals surface area contributed by atoms with Crippen LogP contribution in [0.5, 0.6) is 11.5 Å². The van der Waals surface area contributed by atoms with Crippen molar-refractivity contribution in [1.29, 1.82) is 0 Å². The van der Waals surface area contributed by atoms with Gasteiger partial charge in [0, 0.05) is 11.1 Å². The van der Waals surface area contributed by atoms with Crippen molar-refractivity contribution in [2.45, 2.75) is 13.8 Å². The summed E-state index contributed by atoms with van der Waals surface area (Å²) < 4.78 is 10.7. The van der Waals surface area contributed by atoms with Crippen molar-refractivity contribution in [3.63, 3.8) is 0 Å². The van der Waals surface area contributed by atoms with Crippen LogP contribution in [0.15, 0.2) is 66.4 Å². The van der Waals surface area contributed by atoms with Crippen LogP contribution in [-0.2, 0) is 9.59 Å². The zero-order valence-electron chi connectivity index (χ0n) is 18.7. The van der Waals surface area contributed by atoms with Crippen LogP contribution in [0.4, 0.5) is 11.4 Å². The first kappa shape index (κ1) is 22.4. The summed E-state index contributed by atoms with van der Waals surface area (Å²) in [7, 11) is 3.09. The van der Waals surface area contributed by atoms with E-state index in [4.69, 9.17) is 21.1 Å². The minimum absolute atomic E-state index is 0.159. The number of amides is 2. The number of carbonyl (C=O) groups is 2. The van der Waals surface area contributed by atoms with E-state index in [9.17, 15) is 9.59 Å². The number of nitrogens with zero attached hydrogens (tertiary/aromatic N) is 1. The Kier molecular flexibility index (Phi) is 6.11. The Morgan fingerprint density at radius 1 is 0.879 bits per heavy atom. The molecule has 0 aromatic heterocycles. The number of hydrogen-bond acceptors (Lipinski definition) is 5. The second-order valence-electron chi connectivity index (χ2n) is 7.61. The van der Waals surface area contributed by atoms with Gasteiger partial charge in [0.05, 0.1) is 31.2 Å². The van der Waals surface area contributed by atoms with Gasteiger partial charge in [-0.15, -0.1) is 0 Å². The highest BCUT2D eigenvalue weighted by Gasteiger charge is 2.41. The third-order valence-corrected chi connectivity index (χ3v) is 5.95. The van der Waals surface area contributed by atoms with Crippen LogP contribution >= 0.6 is 11.6 Å². The van der Waals surface area contributed by atoms with Gasteiger partial charge < -0.3 is 14.8 Å². The maximum absolute atomic E-state index is 13.7. The highest BCUT2D eigenvalue weighted by atomic mass is 35.5. The van der Waals surface area contributed by atoms with Crippen LogP contribution in [0.25, 0.3) is 5.57 Å². The van der Waals surface area contributed by atoms with Crippen molar-refractivity contribution >= 4 is 40.4 Å². The van der Waals surface area contributed by atoms with Gasteiger partial charge >= 0.3 is 0 Å². The number of halogens is 1. The van der Waals surface area contributed by atoms with Gasteiger partial charge in [-0.2, -0.15) is 0 Å². The number of benzene rings is 3. The number of nitrogens with one attached hydrogen (secondary N) is 1. The highest BCUT2D eigenvalue weighted by Crippen LogP contribution is 2.38. The van der Waals surface area contributed by atoms with E-state index in [0.717, 1.165) is 11.1 Å². The van der Waals surface area contributed by atoms with Crippen molar-refractivity contribution < 1.29 is 19.1 Å². The minimum atomic E-state index is -0.448. The van der Waals surface area contributed by atoms with E-state index in [1.165, 1.54) is 12.0 Å². The van der Waals surface area contributed by atoms with Gasteiger partial charge in [0.25, 0.3) is 11.8 Å². The third kappa shape index (κ3) is 4.05. The number of anilines is 2. The molecule has 1 N–H and O–H groups in total. The zero-order valence-corrected chi connectivity index (χ0v) is 19.5. The molecule has 168 valence electrons. The smallest absolute Gasteiger partial charge is 0.282 e. The van der Waals surface area contributed by atoms with Crippen LogP contribution in [-0.4, -0.2) is 26.0 Å². The number of methoxy groups -OCH3 is 2. The molecule has 0 atom stereocenters. The molecule has 0 saturated carbocycles. The van der Waals surface area contributed by atoms with E-state index in [1.807, 2.05) is 26.0 Å². The first-order valence-corrected chi connectivity index (χ1v) is 10.7. The minimum Gasteiger partial charge on any atom is -0.497 e. The van der Waals surface area contributed by atoms with Gasteiger partial charge in [-0.25, -0.2) is 4.90 Å². The van der Waals surface area contributed by atoms with Gasteiger partial charge in [0.15, 0.2) is 0 Å². The van der Waals surface area contributed by atoms with Crippen LogP contribution in [0.2, 0.25) is 5.02 Å². The van der Waals surface area contributed by atoms with Crippen LogP contribution in [0, 0.1) is 13.8 Å². The Labute approximate surface area is 197 Å². The normalized spacial score (nSPS) is 13.5. The van der Waals surface area contributed by atoms with Crippen LogP contribution < -0.4 is 19.7 Å². The van der Waals surface area contributed by atoms with Gasteiger partial charge in [-0.05, 0) is 60.9 Å². The lowest BCUT2D eigenvalue weighted by atomic mass is 10.0. The standard InChI is InChI=1S/C26H23ClN2O4/c1-15-6-5-7-21(16(15)2)29-25(30)23(17-8-10-18(27)11-9-17)24(26(29)31)28-20-13-12-19(32-3)14-22(20)33-4/h5-14,28H,1-4H3. The predicted octanol–water partition coefficient (Wildman–Crippen LogP) is 5.37. The number of hydrogen-bond donors (Lipinski definition) is 1. The summed E-state index contributed by atoms with van der Waals surface area (Å²) in [5, 5.41) is 3.68. The molecule has 0 bridgehead atoms. The molecule has 7 heteroatoms. The first-order valence-electron chi connectivity index (χ1n) is 10.3. The Hall–Kier alpha value is -3.77. The van der Waals surface area contributed by atoms with Crippen molar-refractivity contribution in [2.24, 2.45) is 0 Å². The molecular weight excluding hydrogens is 440 g/mol. The molecule has 3 aromatic carbocycles. The summed E-state index contributed by atoms with van der Waals surface area (Å²) in [6.45, 7) is 3.84. The third-order valence-electron chi connectivity index (χ3n) is 5.70. The number of aryl methyl sites for hydroxylation is 1. The van der Waals surface area contributed by atoms with E-state index in [2.05, 4.69) is 5.32 Å². The fourth-order valence-corrected chi connectivity index (χ4v) is 3.89. The lowest BCUT2D eigenvalue weighted by Crippen LogP contribution is -2.33. The maximum Gasteiger partial charge on any atom is 0.282 e. The molecule has 0 spiro atoms. The first-order chi connectivity index (χ1) is 15.8. The Bertz CT molecular complexity index is 1280. The number of imide groups is 1. The summed E-state index contributed by atoms with van der Waals surface area (Å²) in [6, 6.07) is 17.6. The summed E-state index contributed by atoms with van der Waals surface area (Å²) >= 11 is 6.06. The molecule has 2 amide bonds. The van der Waals surface area contributed by atoms with Crippen LogP contribution in [0.3, 0.4) is 0 Å². The number of carbonyl (C=O) groups excluding carboxylic acids is 2. The maximum atomic E-state index is 13.7. The highest BCUT2D eigenvalue weighted by molar-refractivity contribution is 6.46.